The minimum atomic E-state index is -0.621. The molecule has 7 heteroatoms. The highest BCUT2D eigenvalue weighted by molar-refractivity contribution is 9.10. The van der Waals surface area contributed by atoms with Crippen molar-refractivity contribution in [2.24, 2.45) is 0 Å². The number of nitrogens with one attached hydrogen (secondary N) is 1. The van der Waals surface area contributed by atoms with Gasteiger partial charge in [0.25, 0.3) is 0 Å². The molecule has 0 aromatic heterocycles. The van der Waals surface area contributed by atoms with Crippen molar-refractivity contribution >= 4 is 50.9 Å². The first-order valence-corrected chi connectivity index (χ1v) is 10.5. The van der Waals surface area contributed by atoms with Crippen molar-refractivity contribution in [1.82, 2.24) is 10.2 Å². The molecular weight excluding hydrogens is 463 g/mol. The molecule has 0 heterocycles. The average molecular weight is 486 g/mol. The maximum atomic E-state index is 13.1. The lowest BCUT2D eigenvalue weighted by molar-refractivity contribution is -0.140. The van der Waals surface area contributed by atoms with Crippen LogP contribution in [0.3, 0.4) is 0 Å². The minimum Gasteiger partial charge on any atom is -0.352 e. The highest BCUT2D eigenvalue weighted by atomic mass is 79.9. The van der Waals surface area contributed by atoms with Gasteiger partial charge in [0, 0.05) is 27.1 Å². The second kappa shape index (κ2) is 10.3. The van der Waals surface area contributed by atoms with Crippen LogP contribution in [0, 0.1) is 0 Å². The zero-order valence-corrected chi connectivity index (χ0v) is 19.1. The van der Waals surface area contributed by atoms with Crippen molar-refractivity contribution in [2.45, 2.75) is 45.8 Å². The van der Waals surface area contributed by atoms with Crippen LogP contribution in [0.1, 0.15) is 31.9 Å². The summed E-state index contributed by atoms with van der Waals surface area (Å²) < 4.78 is 0.952. The van der Waals surface area contributed by atoms with Gasteiger partial charge in [0.1, 0.15) is 6.04 Å². The SMILES string of the molecule is CC(C)NC(=O)[C@@H](C)N(Cc1ccc(Br)cc1)C(=O)Cc1ccc(Cl)cc1Cl. The van der Waals surface area contributed by atoms with Crippen LogP contribution in [-0.4, -0.2) is 28.8 Å². The van der Waals surface area contributed by atoms with Gasteiger partial charge in [-0.25, -0.2) is 0 Å². The summed E-state index contributed by atoms with van der Waals surface area (Å²) in [5.74, 6) is -0.374. The lowest BCUT2D eigenvalue weighted by atomic mass is 10.1. The fraction of sp³-hybridized carbons (Fsp3) is 0.333. The van der Waals surface area contributed by atoms with Crippen LogP contribution in [0.15, 0.2) is 46.9 Å². The van der Waals surface area contributed by atoms with Crippen molar-refractivity contribution in [3.63, 3.8) is 0 Å². The van der Waals surface area contributed by atoms with Crippen LogP contribution in [0.4, 0.5) is 0 Å². The van der Waals surface area contributed by atoms with E-state index >= 15 is 0 Å². The van der Waals surface area contributed by atoms with E-state index in [-0.39, 0.29) is 24.3 Å². The zero-order chi connectivity index (χ0) is 20.8. The number of benzene rings is 2. The molecule has 0 aliphatic carbocycles. The summed E-state index contributed by atoms with van der Waals surface area (Å²) >= 11 is 15.6. The Morgan fingerprint density at radius 3 is 2.29 bits per heavy atom. The first-order valence-electron chi connectivity index (χ1n) is 8.95. The molecule has 0 saturated carbocycles. The summed E-state index contributed by atoms with van der Waals surface area (Å²) in [6, 6.07) is 12.1. The van der Waals surface area contributed by atoms with Crippen LogP contribution in [0.5, 0.6) is 0 Å². The van der Waals surface area contributed by atoms with E-state index in [0.717, 1.165) is 10.0 Å². The van der Waals surface area contributed by atoms with Gasteiger partial charge in [0.2, 0.25) is 11.8 Å². The molecule has 1 N–H and O–H groups in total. The van der Waals surface area contributed by atoms with E-state index in [2.05, 4.69) is 21.2 Å². The van der Waals surface area contributed by atoms with Gasteiger partial charge in [0.05, 0.1) is 6.42 Å². The summed E-state index contributed by atoms with van der Waals surface area (Å²) in [5.41, 5.74) is 1.61. The molecule has 4 nitrogen and oxygen atoms in total. The first-order chi connectivity index (χ1) is 13.2. The summed E-state index contributed by atoms with van der Waals surface area (Å²) in [6.07, 6.45) is 0.0891. The number of nitrogens with zero attached hydrogens (tertiary/aromatic N) is 1. The summed E-state index contributed by atoms with van der Waals surface area (Å²) in [4.78, 5) is 27.2. The maximum Gasteiger partial charge on any atom is 0.242 e. The van der Waals surface area contributed by atoms with E-state index in [9.17, 15) is 9.59 Å². The van der Waals surface area contributed by atoms with E-state index in [0.29, 0.717) is 22.2 Å². The Balaban J connectivity index is 2.26. The standard InChI is InChI=1S/C21H23BrCl2N2O2/c1-13(2)25-21(28)14(3)26(12-15-4-7-17(22)8-5-15)20(27)10-16-6-9-18(23)11-19(16)24/h4-9,11,13-14H,10,12H2,1-3H3,(H,25,28)/t14-/m1/s1. The van der Waals surface area contributed by atoms with Crippen molar-refractivity contribution in [3.05, 3.63) is 68.1 Å². The average Bonchev–Trinajstić information content (AvgIpc) is 2.62. The van der Waals surface area contributed by atoms with E-state index in [1.807, 2.05) is 38.1 Å². The fourth-order valence-corrected chi connectivity index (χ4v) is 3.44. The lowest BCUT2D eigenvalue weighted by Crippen LogP contribution is -2.49. The van der Waals surface area contributed by atoms with Crippen molar-refractivity contribution in [3.8, 4) is 0 Å². The third-order valence-corrected chi connectivity index (χ3v) is 5.34. The van der Waals surface area contributed by atoms with Crippen LogP contribution in [-0.2, 0) is 22.6 Å². The monoisotopic (exact) mass is 484 g/mol. The minimum absolute atomic E-state index is 0.00899. The highest BCUT2D eigenvalue weighted by Gasteiger charge is 2.27. The van der Waals surface area contributed by atoms with Crippen LogP contribution in [0.2, 0.25) is 10.0 Å². The summed E-state index contributed by atoms with van der Waals surface area (Å²) in [7, 11) is 0. The molecule has 0 spiro atoms. The van der Waals surface area contributed by atoms with E-state index in [4.69, 9.17) is 23.2 Å². The van der Waals surface area contributed by atoms with Crippen molar-refractivity contribution < 1.29 is 9.59 Å². The van der Waals surface area contributed by atoms with Gasteiger partial charge in [0.15, 0.2) is 0 Å². The number of amides is 2. The van der Waals surface area contributed by atoms with Gasteiger partial charge in [-0.1, -0.05) is 57.3 Å². The van der Waals surface area contributed by atoms with Gasteiger partial charge in [-0.2, -0.15) is 0 Å². The summed E-state index contributed by atoms with van der Waals surface area (Å²) in [5, 5.41) is 3.82. The molecule has 0 radical (unpaired) electrons. The molecule has 0 unspecified atom stereocenters. The molecule has 2 amide bonds. The number of carbonyl (C=O) groups excluding carboxylic acids is 2. The van der Waals surface area contributed by atoms with Gasteiger partial charge < -0.3 is 10.2 Å². The third kappa shape index (κ3) is 6.50. The molecule has 0 aliphatic rings. The Bertz CT molecular complexity index is 841. The van der Waals surface area contributed by atoms with Crippen molar-refractivity contribution in [2.75, 3.05) is 0 Å². The predicted octanol–water partition coefficient (Wildman–Crippen LogP) is 5.24. The predicted molar refractivity (Wildman–Crippen MR) is 118 cm³/mol. The summed E-state index contributed by atoms with van der Waals surface area (Å²) in [6.45, 7) is 5.83. The van der Waals surface area contributed by atoms with E-state index < -0.39 is 6.04 Å². The number of hydrogen-bond acceptors (Lipinski definition) is 2. The second-order valence-electron chi connectivity index (χ2n) is 6.90. The van der Waals surface area contributed by atoms with Crippen LogP contribution in [0.25, 0.3) is 0 Å². The van der Waals surface area contributed by atoms with Gasteiger partial charge in [-0.15, -0.1) is 0 Å². The van der Waals surface area contributed by atoms with Gasteiger partial charge in [-0.05, 0) is 56.2 Å². The Morgan fingerprint density at radius 2 is 1.71 bits per heavy atom. The van der Waals surface area contributed by atoms with Crippen LogP contribution < -0.4 is 5.32 Å². The van der Waals surface area contributed by atoms with E-state index in [1.54, 1.807) is 30.0 Å². The number of hydrogen-bond donors (Lipinski definition) is 1. The molecule has 0 aliphatic heterocycles. The second-order valence-corrected chi connectivity index (χ2v) is 8.66. The molecule has 2 aromatic rings. The lowest BCUT2D eigenvalue weighted by Gasteiger charge is -2.29. The largest absolute Gasteiger partial charge is 0.352 e. The Kier molecular flexibility index (Phi) is 8.35. The number of carbonyl (C=O) groups is 2. The molecule has 0 saturated heterocycles. The van der Waals surface area contributed by atoms with E-state index in [1.165, 1.54) is 0 Å². The fourth-order valence-electron chi connectivity index (χ4n) is 2.70. The number of rotatable bonds is 7. The molecule has 2 aromatic carbocycles. The van der Waals surface area contributed by atoms with Gasteiger partial charge in [-0.3, -0.25) is 9.59 Å². The zero-order valence-electron chi connectivity index (χ0n) is 16.0. The normalized spacial score (nSPS) is 12.0. The highest BCUT2D eigenvalue weighted by Crippen LogP contribution is 2.23. The Hall–Kier alpha value is -1.56. The Morgan fingerprint density at radius 1 is 1.07 bits per heavy atom. The smallest absolute Gasteiger partial charge is 0.242 e. The number of halogens is 3. The topological polar surface area (TPSA) is 49.4 Å². The van der Waals surface area contributed by atoms with Crippen LogP contribution >= 0.6 is 39.1 Å². The molecule has 28 heavy (non-hydrogen) atoms. The molecule has 1 atom stereocenters. The molecule has 150 valence electrons. The first kappa shape index (κ1) is 22.7. The molecule has 0 fully saturated rings. The Labute approximate surface area is 184 Å². The molecule has 2 rings (SSSR count). The molecule has 0 bridgehead atoms. The van der Waals surface area contributed by atoms with Crippen molar-refractivity contribution in [1.29, 1.82) is 0 Å². The molecular formula is C21H23BrCl2N2O2. The van der Waals surface area contributed by atoms with Gasteiger partial charge >= 0.3 is 0 Å². The quantitative estimate of drug-likeness (QED) is 0.582. The maximum absolute atomic E-state index is 13.1. The third-order valence-electron chi connectivity index (χ3n) is 4.22.